The lowest BCUT2D eigenvalue weighted by atomic mass is 10.1. The molecule has 0 saturated carbocycles. The topological polar surface area (TPSA) is 188 Å². The molecule has 16 heteroatoms. The number of ether oxygens (including phenoxy) is 1. The van der Waals surface area contributed by atoms with Gasteiger partial charge < -0.3 is 15.0 Å². The number of nitrogens with zero attached hydrogens (tertiary/aromatic N) is 3. The van der Waals surface area contributed by atoms with E-state index in [0.29, 0.717) is 6.07 Å². The third-order valence-corrected chi connectivity index (χ3v) is 4.66. The first-order valence-corrected chi connectivity index (χ1v) is 11.2. The van der Waals surface area contributed by atoms with Gasteiger partial charge in [-0.05, 0) is 0 Å². The van der Waals surface area contributed by atoms with Gasteiger partial charge in [-0.1, -0.05) is 0 Å². The molecule has 0 saturated heterocycles. The van der Waals surface area contributed by atoms with E-state index in [2.05, 4.69) is 14.2 Å². The van der Waals surface area contributed by atoms with Crippen LogP contribution < -0.4 is 10.2 Å². The number of nitrogens with one attached hydrogen (secondary N) is 1. The average molecular weight is 497 g/mol. The number of amides is 1. The molecule has 0 aliphatic rings. The molecule has 1 N–H and O–H groups in total. The number of benzene rings is 1. The van der Waals surface area contributed by atoms with Crippen molar-refractivity contribution in [1.82, 2.24) is 5.32 Å². The van der Waals surface area contributed by atoms with Crippen molar-refractivity contribution in [2.24, 2.45) is 0 Å². The third kappa shape index (κ3) is 8.24. The number of nitro benzene ring substituents is 2. The summed E-state index contributed by atoms with van der Waals surface area (Å²) >= 11 is 5.76. The number of anilines is 1. The monoisotopic (exact) mass is 496 g/mol. The molecule has 1 aromatic rings. The first kappa shape index (κ1) is 27.0. The van der Waals surface area contributed by atoms with Crippen molar-refractivity contribution in [3.63, 3.8) is 0 Å². The molecule has 0 heterocycles. The summed E-state index contributed by atoms with van der Waals surface area (Å²) in [6.45, 7) is -0.932. The van der Waals surface area contributed by atoms with Crippen LogP contribution in [0.2, 0.25) is 0 Å². The second-order valence-corrected chi connectivity index (χ2v) is 8.18. The fourth-order valence-corrected chi connectivity index (χ4v) is 3.15. The predicted molar refractivity (Wildman–Crippen MR) is 112 cm³/mol. The minimum absolute atomic E-state index is 0.0730. The van der Waals surface area contributed by atoms with Crippen LogP contribution in [0.4, 0.5) is 17.1 Å². The number of hydrogen-bond donors (Lipinski definition) is 1. The Hall–Kier alpha value is -3.04. The number of nitro groups is 2. The van der Waals surface area contributed by atoms with Crippen LogP contribution in [0.15, 0.2) is 12.1 Å². The van der Waals surface area contributed by atoms with Gasteiger partial charge in [-0.3, -0.25) is 34.0 Å². The number of alkyl halides is 1. The molecule has 1 amide bonds. The highest BCUT2D eigenvalue weighted by Gasteiger charge is 2.31. The Morgan fingerprint density at radius 2 is 1.84 bits per heavy atom. The van der Waals surface area contributed by atoms with Gasteiger partial charge in [-0.15, -0.1) is 11.6 Å². The zero-order valence-electron chi connectivity index (χ0n) is 17.1. The van der Waals surface area contributed by atoms with E-state index >= 15 is 0 Å². The summed E-state index contributed by atoms with van der Waals surface area (Å²) in [7, 11) is -2.67. The highest BCUT2D eigenvalue weighted by Crippen LogP contribution is 2.36. The Labute approximate surface area is 187 Å². The maximum atomic E-state index is 12.7. The molecule has 32 heavy (non-hydrogen) atoms. The molecule has 1 rings (SSSR count). The van der Waals surface area contributed by atoms with Gasteiger partial charge in [-0.2, -0.15) is 8.42 Å². The Morgan fingerprint density at radius 3 is 2.34 bits per heavy atom. The summed E-state index contributed by atoms with van der Waals surface area (Å²) in [5.41, 5.74) is -2.22. The molecule has 178 valence electrons. The van der Waals surface area contributed by atoms with Crippen LogP contribution in [0.5, 0.6) is 0 Å². The highest BCUT2D eigenvalue weighted by molar-refractivity contribution is 7.85. The summed E-state index contributed by atoms with van der Waals surface area (Å²) in [6.07, 6.45) is 0.607. The van der Waals surface area contributed by atoms with E-state index in [9.17, 15) is 38.2 Å². The first-order valence-electron chi connectivity index (χ1n) is 8.88. The van der Waals surface area contributed by atoms with Gasteiger partial charge in [0.15, 0.2) is 0 Å². The number of carbonyl (C=O) groups is 2. The Balaban J connectivity index is 3.48. The van der Waals surface area contributed by atoms with E-state index in [1.54, 1.807) is 0 Å². The molecule has 0 unspecified atom stereocenters. The fourth-order valence-electron chi connectivity index (χ4n) is 2.57. The van der Waals surface area contributed by atoms with Crippen LogP contribution in [0.25, 0.3) is 0 Å². The largest absolute Gasteiger partial charge is 0.469 e. The van der Waals surface area contributed by atoms with Crippen LogP contribution in [0, 0.1) is 20.2 Å². The van der Waals surface area contributed by atoms with Crippen molar-refractivity contribution in [1.29, 1.82) is 0 Å². The Morgan fingerprint density at radius 1 is 1.19 bits per heavy atom. The number of hydrogen-bond acceptors (Lipinski definition) is 11. The smallest absolute Gasteiger partial charge is 0.307 e. The molecule has 0 radical (unpaired) electrons. The van der Waals surface area contributed by atoms with Crippen molar-refractivity contribution < 1.29 is 36.8 Å². The second-order valence-electron chi connectivity index (χ2n) is 6.16. The SMILES string of the molecule is COC(=O)CCNC(=O)c1cc([N+](=O)[O-])cc([N+](=O)[O-])c1N(CCCl)CCOS(C)(=O)=O. The van der Waals surface area contributed by atoms with Gasteiger partial charge in [0.2, 0.25) is 0 Å². The summed E-state index contributed by atoms with van der Waals surface area (Å²) in [6, 6.07) is 1.52. The van der Waals surface area contributed by atoms with Crippen molar-refractivity contribution in [3.8, 4) is 0 Å². The molecule has 0 bridgehead atoms. The predicted octanol–water partition coefficient (Wildman–Crippen LogP) is 0.817. The number of non-ortho nitro benzene ring substituents is 1. The van der Waals surface area contributed by atoms with E-state index in [1.807, 2.05) is 0 Å². The molecule has 0 atom stereocenters. The maximum absolute atomic E-state index is 12.7. The molecular weight excluding hydrogens is 476 g/mol. The van der Waals surface area contributed by atoms with E-state index in [1.165, 1.54) is 4.90 Å². The average Bonchev–Trinajstić information content (AvgIpc) is 2.70. The van der Waals surface area contributed by atoms with Crippen LogP contribution in [0.3, 0.4) is 0 Å². The minimum Gasteiger partial charge on any atom is -0.469 e. The van der Waals surface area contributed by atoms with Gasteiger partial charge >= 0.3 is 5.97 Å². The lowest BCUT2D eigenvalue weighted by Gasteiger charge is -2.25. The summed E-state index contributed by atoms with van der Waals surface area (Å²) in [4.78, 5) is 46.3. The molecule has 14 nitrogen and oxygen atoms in total. The fraction of sp³-hybridized carbons (Fsp3) is 0.500. The normalized spacial score (nSPS) is 11.0. The zero-order chi connectivity index (χ0) is 24.5. The Bertz CT molecular complexity index is 985. The highest BCUT2D eigenvalue weighted by atomic mass is 35.5. The second kappa shape index (κ2) is 12.1. The lowest BCUT2D eigenvalue weighted by molar-refractivity contribution is -0.393. The van der Waals surface area contributed by atoms with Gasteiger partial charge in [0.05, 0.1) is 47.9 Å². The van der Waals surface area contributed by atoms with Crippen molar-refractivity contribution in [2.45, 2.75) is 6.42 Å². The molecule has 0 aromatic heterocycles. The van der Waals surface area contributed by atoms with Crippen LogP contribution >= 0.6 is 11.6 Å². The van der Waals surface area contributed by atoms with Crippen molar-refractivity contribution in [2.75, 3.05) is 50.4 Å². The maximum Gasteiger partial charge on any atom is 0.307 e. The molecule has 1 aromatic carbocycles. The van der Waals surface area contributed by atoms with Crippen LogP contribution in [0.1, 0.15) is 16.8 Å². The molecule has 0 fully saturated rings. The quantitative estimate of drug-likeness (QED) is 0.134. The molecule has 0 aliphatic heterocycles. The molecule has 0 aliphatic carbocycles. The van der Waals surface area contributed by atoms with E-state index in [0.717, 1.165) is 19.4 Å². The van der Waals surface area contributed by atoms with Gasteiger partial charge in [0.25, 0.3) is 27.4 Å². The zero-order valence-corrected chi connectivity index (χ0v) is 18.7. The summed E-state index contributed by atoms with van der Waals surface area (Å²) in [5.74, 6) is -1.63. The summed E-state index contributed by atoms with van der Waals surface area (Å²) in [5, 5.41) is 25.3. The number of rotatable bonds is 13. The van der Waals surface area contributed by atoms with Gasteiger partial charge in [0.1, 0.15) is 5.69 Å². The van der Waals surface area contributed by atoms with Crippen molar-refractivity contribution >= 4 is 50.7 Å². The third-order valence-electron chi connectivity index (χ3n) is 3.90. The summed E-state index contributed by atoms with van der Waals surface area (Å²) < 4.78 is 31.5. The van der Waals surface area contributed by atoms with E-state index < -0.39 is 55.4 Å². The van der Waals surface area contributed by atoms with Crippen molar-refractivity contribution in [3.05, 3.63) is 37.9 Å². The standard InChI is InChI=1S/C16H21ClN4O10S/c1-30-14(22)3-5-18-16(23)12-9-11(20(24)25)10-13(21(26)27)15(12)19(6-4-17)7-8-31-32(2,28)29/h9-10H,3-8H2,1-2H3,(H,18,23). The number of methoxy groups -OCH3 is 1. The molecular formula is C16H21ClN4O10S. The van der Waals surface area contributed by atoms with E-state index in [4.69, 9.17) is 11.6 Å². The van der Waals surface area contributed by atoms with Gasteiger partial charge in [0, 0.05) is 31.6 Å². The number of esters is 1. The van der Waals surface area contributed by atoms with Crippen LogP contribution in [-0.4, -0.2) is 75.6 Å². The molecule has 0 spiro atoms. The van der Waals surface area contributed by atoms with Gasteiger partial charge in [-0.25, -0.2) is 0 Å². The number of carbonyl (C=O) groups excluding carboxylic acids is 2. The lowest BCUT2D eigenvalue weighted by Crippen LogP contribution is -2.34. The van der Waals surface area contributed by atoms with Crippen LogP contribution in [-0.2, 0) is 23.8 Å². The van der Waals surface area contributed by atoms with E-state index in [-0.39, 0.29) is 37.6 Å². The minimum atomic E-state index is -3.82. The Kier molecular flexibility index (Phi) is 10.2. The number of halogens is 1. The first-order chi connectivity index (χ1) is 14.9.